The minimum Gasteiger partial charge on any atom is -0.256 e. The fourth-order valence-corrected chi connectivity index (χ4v) is 8.81. The zero-order valence-corrected chi connectivity index (χ0v) is 30.0. The molecule has 55 heavy (non-hydrogen) atoms. The summed E-state index contributed by atoms with van der Waals surface area (Å²) >= 11 is 0. The largest absolute Gasteiger partial charge is 0.256 e. The van der Waals surface area contributed by atoms with Crippen LogP contribution in [-0.4, -0.2) is 10.7 Å². The van der Waals surface area contributed by atoms with Crippen molar-refractivity contribution < 1.29 is 0 Å². The maximum Gasteiger partial charge on any atom is 0.0714 e. The molecule has 0 N–H and O–H groups in total. The van der Waals surface area contributed by atoms with Crippen LogP contribution < -0.4 is 0 Å². The van der Waals surface area contributed by atoms with Crippen molar-refractivity contribution in [1.29, 1.82) is 0 Å². The van der Waals surface area contributed by atoms with E-state index in [9.17, 15) is 0 Å². The third-order valence-corrected chi connectivity index (χ3v) is 11.4. The van der Waals surface area contributed by atoms with Crippen LogP contribution in [0.3, 0.4) is 0 Å². The topological polar surface area (TPSA) is 25.2 Å². The summed E-state index contributed by atoms with van der Waals surface area (Å²) in [7, 11) is 0. The Hall–Kier alpha value is -7.16. The fraction of sp³-hybridized carbons (Fsp3) is 0.0189. The molecule has 0 saturated carbocycles. The summed E-state index contributed by atoms with van der Waals surface area (Å²) in [6, 6.07) is 65.8. The van der Waals surface area contributed by atoms with Crippen LogP contribution in [0.5, 0.6) is 0 Å². The zero-order valence-electron chi connectivity index (χ0n) is 30.0. The van der Waals surface area contributed by atoms with Crippen molar-refractivity contribution in [2.45, 2.75) is 5.92 Å². The standard InChI is InChI=1S/C53H34N2/c1-3-13-36(14-4-1)52-43-20-9-10-21-44(43)53(37-15-5-2-6-16-37)47-31-38(27-28-45(47)52)34-23-25-35(26-24-34)51-32-46-48(33-54-51)40-18-8-7-17-39(40)41-29-30-50(46)55-49-22-12-11-19-42(41)49/h1-33,41H. The van der Waals surface area contributed by atoms with Gasteiger partial charge in [0.15, 0.2) is 0 Å². The van der Waals surface area contributed by atoms with Gasteiger partial charge in [0.2, 0.25) is 0 Å². The van der Waals surface area contributed by atoms with Gasteiger partial charge in [0.05, 0.1) is 17.1 Å². The van der Waals surface area contributed by atoms with Gasteiger partial charge in [0.1, 0.15) is 0 Å². The van der Waals surface area contributed by atoms with Gasteiger partial charge in [0.25, 0.3) is 0 Å². The lowest BCUT2D eigenvalue weighted by atomic mass is 9.82. The number of hydrogen-bond donors (Lipinski definition) is 0. The first-order chi connectivity index (χ1) is 27.3. The first-order valence-electron chi connectivity index (χ1n) is 18.9. The molecule has 2 aliphatic rings. The molecule has 2 heteroatoms. The van der Waals surface area contributed by atoms with E-state index >= 15 is 0 Å². The van der Waals surface area contributed by atoms with Gasteiger partial charge in [-0.2, -0.15) is 0 Å². The van der Waals surface area contributed by atoms with Crippen molar-refractivity contribution >= 4 is 32.9 Å². The Morgan fingerprint density at radius 2 is 0.964 bits per heavy atom. The third kappa shape index (κ3) is 5.18. The maximum absolute atomic E-state index is 5.23. The van der Waals surface area contributed by atoms with Gasteiger partial charge in [-0.05, 0) is 95.9 Å². The minimum absolute atomic E-state index is 0.136. The number of aliphatic imine (C=N–C) groups is 1. The first kappa shape index (κ1) is 31.4. The number of fused-ring (bicyclic) bond motifs is 11. The van der Waals surface area contributed by atoms with Gasteiger partial charge < -0.3 is 0 Å². The molecule has 1 unspecified atom stereocenters. The summed E-state index contributed by atoms with van der Waals surface area (Å²) in [4.78, 5) is 10.3. The smallest absolute Gasteiger partial charge is 0.0714 e. The lowest BCUT2D eigenvalue weighted by Gasteiger charge is -2.21. The molecule has 1 atom stereocenters. The molecule has 2 nitrogen and oxygen atoms in total. The van der Waals surface area contributed by atoms with E-state index in [1.54, 1.807) is 0 Å². The zero-order chi connectivity index (χ0) is 36.3. The van der Waals surface area contributed by atoms with E-state index in [0.29, 0.717) is 0 Å². The van der Waals surface area contributed by atoms with Crippen LogP contribution >= 0.6 is 0 Å². The van der Waals surface area contributed by atoms with Crippen LogP contribution in [0.1, 0.15) is 22.6 Å². The van der Waals surface area contributed by atoms with E-state index in [1.807, 2.05) is 6.20 Å². The Morgan fingerprint density at radius 3 is 1.71 bits per heavy atom. The van der Waals surface area contributed by atoms with Gasteiger partial charge >= 0.3 is 0 Å². The van der Waals surface area contributed by atoms with Crippen molar-refractivity contribution in [1.82, 2.24) is 4.98 Å². The van der Waals surface area contributed by atoms with Crippen molar-refractivity contribution in [3.05, 3.63) is 217 Å². The number of benzene rings is 8. The molecular weight excluding hydrogens is 665 g/mol. The molecule has 0 radical (unpaired) electrons. The Kier molecular flexibility index (Phi) is 7.28. The van der Waals surface area contributed by atoms with Gasteiger partial charge in [-0.25, -0.2) is 4.99 Å². The highest BCUT2D eigenvalue weighted by molar-refractivity contribution is 6.22. The lowest BCUT2D eigenvalue weighted by Crippen LogP contribution is -2.07. The molecular formula is C53H34N2. The van der Waals surface area contributed by atoms with E-state index < -0.39 is 0 Å². The molecule has 2 heterocycles. The second kappa shape index (κ2) is 12.8. The van der Waals surface area contributed by atoms with Crippen LogP contribution in [-0.2, 0) is 0 Å². The van der Waals surface area contributed by atoms with Gasteiger partial charge in [0, 0.05) is 28.8 Å². The van der Waals surface area contributed by atoms with E-state index in [4.69, 9.17) is 9.98 Å². The average Bonchev–Trinajstić information content (AvgIpc) is 3.43. The molecule has 0 fully saturated rings. The number of hydrogen-bond acceptors (Lipinski definition) is 2. The molecule has 9 aromatic rings. The summed E-state index contributed by atoms with van der Waals surface area (Å²) in [5, 5.41) is 5.02. The van der Waals surface area contributed by atoms with Crippen LogP contribution in [0.25, 0.3) is 77.3 Å². The number of pyridine rings is 1. The number of rotatable bonds is 4. The normalized spacial score (nSPS) is 14.0. The Balaban J connectivity index is 1.04. The van der Waals surface area contributed by atoms with Gasteiger partial charge in [-0.15, -0.1) is 0 Å². The second-order valence-electron chi connectivity index (χ2n) is 14.5. The summed E-state index contributed by atoms with van der Waals surface area (Å²) in [5.74, 6) is 0.136. The molecule has 11 rings (SSSR count). The average molecular weight is 699 g/mol. The number of nitrogens with zero attached hydrogens (tertiary/aromatic N) is 2. The predicted octanol–water partition coefficient (Wildman–Crippen LogP) is 13.9. The summed E-state index contributed by atoms with van der Waals surface area (Å²) in [6.07, 6.45) is 6.55. The van der Waals surface area contributed by atoms with Crippen molar-refractivity contribution in [3.8, 4) is 55.8 Å². The molecule has 1 aliphatic heterocycles. The second-order valence-corrected chi connectivity index (χ2v) is 14.5. The van der Waals surface area contributed by atoms with Gasteiger partial charge in [-0.1, -0.05) is 170 Å². The summed E-state index contributed by atoms with van der Waals surface area (Å²) in [5.41, 5.74) is 17.2. The minimum atomic E-state index is 0.136. The lowest BCUT2D eigenvalue weighted by molar-refractivity contribution is 1.03. The highest BCUT2D eigenvalue weighted by Crippen LogP contribution is 2.46. The van der Waals surface area contributed by atoms with Crippen molar-refractivity contribution in [2.75, 3.05) is 0 Å². The molecule has 0 saturated heterocycles. The summed E-state index contributed by atoms with van der Waals surface area (Å²) in [6.45, 7) is 0. The maximum atomic E-state index is 5.23. The molecule has 1 aromatic heterocycles. The molecule has 8 aromatic carbocycles. The Morgan fingerprint density at radius 1 is 0.382 bits per heavy atom. The van der Waals surface area contributed by atoms with Crippen LogP contribution in [0, 0.1) is 0 Å². The van der Waals surface area contributed by atoms with E-state index in [1.165, 1.54) is 66.1 Å². The van der Waals surface area contributed by atoms with Crippen molar-refractivity contribution in [2.24, 2.45) is 4.99 Å². The Labute approximate surface area is 320 Å². The van der Waals surface area contributed by atoms with Crippen LogP contribution in [0.2, 0.25) is 0 Å². The Bertz CT molecular complexity index is 3010. The first-order valence-corrected chi connectivity index (χ1v) is 18.9. The monoisotopic (exact) mass is 698 g/mol. The molecule has 2 bridgehead atoms. The molecule has 0 spiro atoms. The third-order valence-electron chi connectivity index (χ3n) is 11.4. The van der Waals surface area contributed by atoms with E-state index in [0.717, 1.165) is 39.3 Å². The fourth-order valence-electron chi connectivity index (χ4n) is 8.81. The van der Waals surface area contributed by atoms with Crippen LogP contribution in [0.15, 0.2) is 205 Å². The van der Waals surface area contributed by atoms with E-state index in [2.05, 4.69) is 194 Å². The predicted molar refractivity (Wildman–Crippen MR) is 230 cm³/mol. The van der Waals surface area contributed by atoms with Crippen LogP contribution in [0.4, 0.5) is 5.69 Å². The SMILES string of the molecule is C1=CC2c3ccccc3N=C1c1cc(-c3ccc(-c4ccc5c(-c6ccccc6)c6ccccc6c(-c6ccccc6)c5c4)cc3)ncc1-c1ccccc12. The van der Waals surface area contributed by atoms with Gasteiger partial charge in [-0.3, -0.25) is 4.98 Å². The quantitative estimate of drug-likeness (QED) is 0.168. The highest BCUT2D eigenvalue weighted by Gasteiger charge is 2.26. The summed E-state index contributed by atoms with van der Waals surface area (Å²) < 4.78 is 0. The highest BCUT2D eigenvalue weighted by atomic mass is 14.8. The van der Waals surface area contributed by atoms with E-state index in [-0.39, 0.29) is 5.92 Å². The number of aromatic nitrogens is 1. The van der Waals surface area contributed by atoms with Crippen molar-refractivity contribution in [3.63, 3.8) is 0 Å². The molecule has 1 aliphatic carbocycles. The number of para-hydroxylation sites is 1. The molecule has 256 valence electrons. The number of allylic oxidation sites excluding steroid dienone is 2. The molecule has 0 amide bonds.